The minimum Gasteiger partial charge on any atom is -0.388 e. The number of nitrogens with zero attached hydrogens (tertiary/aromatic N) is 2. The van der Waals surface area contributed by atoms with Crippen LogP contribution in [0.25, 0.3) is 0 Å². The van der Waals surface area contributed by atoms with Gasteiger partial charge >= 0.3 is 0 Å². The first-order chi connectivity index (χ1) is 9.50. The summed E-state index contributed by atoms with van der Waals surface area (Å²) in [5, 5.41) is 13.9. The monoisotopic (exact) mass is 283 g/mol. The van der Waals surface area contributed by atoms with Crippen molar-refractivity contribution in [2.45, 2.75) is 37.7 Å². The summed E-state index contributed by atoms with van der Waals surface area (Å²) >= 11 is 0. The van der Waals surface area contributed by atoms with Gasteiger partial charge in [0.25, 0.3) is 0 Å². The van der Waals surface area contributed by atoms with Crippen molar-refractivity contribution < 1.29 is 9.90 Å². The molecule has 2 saturated heterocycles. The van der Waals surface area contributed by atoms with E-state index in [0.717, 1.165) is 45.3 Å². The molecule has 1 amide bonds. The van der Waals surface area contributed by atoms with Gasteiger partial charge in [-0.3, -0.25) is 4.79 Å². The summed E-state index contributed by atoms with van der Waals surface area (Å²) in [6.07, 6.45) is 4.30. The van der Waals surface area contributed by atoms with Gasteiger partial charge in [-0.2, -0.15) is 0 Å². The van der Waals surface area contributed by atoms with Gasteiger partial charge in [0.15, 0.2) is 0 Å². The van der Waals surface area contributed by atoms with Gasteiger partial charge in [0, 0.05) is 25.6 Å². The third-order valence-electron chi connectivity index (χ3n) is 4.53. The third-order valence-corrected chi connectivity index (χ3v) is 4.53. The van der Waals surface area contributed by atoms with Gasteiger partial charge in [-0.05, 0) is 59.3 Å². The average Bonchev–Trinajstić information content (AvgIpc) is 2.60. The van der Waals surface area contributed by atoms with Crippen LogP contribution in [0.1, 0.15) is 32.1 Å². The van der Waals surface area contributed by atoms with E-state index in [1.165, 1.54) is 0 Å². The Morgan fingerprint density at radius 1 is 1.30 bits per heavy atom. The molecular weight excluding hydrogens is 254 g/mol. The molecule has 0 aromatic rings. The molecule has 1 unspecified atom stereocenters. The molecule has 2 heterocycles. The Morgan fingerprint density at radius 2 is 2.00 bits per heavy atom. The lowest BCUT2D eigenvalue weighted by Crippen LogP contribution is -2.43. The van der Waals surface area contributed by atoms with Crippen molar-refractivity contribution in [2.24, 2.45) is 5.92 Å². The van der Waals surface area contributed by atoms with Crippen molar-refractivity contribution in [3.05, 3.63) is 0 Å². The summed E-state index contributed by atoms with van der Waals surface area (Å²) in [6, 6.07) is 0. The van der Waals surface area contributed by atoms with Gasteiger partial charge in [0.2, 0.25) is 5.91 Å². The zero-order valence-electron chi connectivity index (χ0n) is 12.9. The maximum Gasteiger partial charge on any atom is 0.225 e. The van der Waals surface area contributed by atoms with E-state index in [1.807, 2.05) is 23.9 Å². The highest BCUT2D eigenvalue weighted by atomic mass is 16.3. The van der Waals surface area contributed by atoms with Crippen LogP contribution in [-0.4, -0.2) is 73.2 Å². The van der Waals surface area contributed by atoms with E-state index in [2.05, 4.69) is 5.32 Å². The molecule has 0 aromatic heterocycles. The van der Waals surface area contributed by atoms with Crippen LogP contribution >= 0.6 is 0 Å². The number of rotatable bonds is 3. The number of hydrogen-bond donors (Lipinski definition) is 2. The molecule has 20 heavy (non-hydrogen) atoms. The van der Waals surface area contributed by atoms with Gasteiger partial charge in [-0.25, -0.2) is 0 Å². The van der Waals surface area contributed by atoms with Gasteiger partial charge < -0.3 is 20.2 Å². The van der Waals surface area contributed by atoms with Gasteiger partial charge in [0.1, 0.15) is 0 Å². The number of aliphatic hydroxyl groups is 1. The van der Waals surface area contributed by atoms with Crippen LogP contribution in [0.5, 0.6) is 0 Å². The number of nitrogens with one attached hydrogen (secondary N) is 1. The largest absolute Gasteiger partial charge is 0.388 e. The predicted molar refractivity (Wildman–Crippen MR) is 79.5 cm³/mol. The van der Waals surface area contributed by atoms with Crippen molar-refractivity contribution in [2.75, 3.05) is 46.8 Å². The number of likely N-dealkylation sites (N-methyl/N-ethyl adjacent to an activating group) is 1. The Hall–Kier alpha value is -0.650. The fourth-order valence-electron chi connectivity index (χ4n) is 3.47. The molecule has 0 aliphatic carbocycles. The molecule has 2 fully saturated rings. The summed E-state index contributed by atoms with van der Waals surface area (Å²) in [4.78, 5) is 16.6. The predicted octanol–water partition coefficient (Wildman–Crippen LogP) is 0.291. The molecule has 2 aliphatic rings. The van der Waals surface area contributed by atoms with Crippen molar-refractivity contribution in [1.29, 1.82) is 0 Å². The molecule has 2 N–H and O–H groups in total. The molecule has 0 spiro atoms. The molecule has 116 valence electrons. The minimum absolute atomic E-state index is 0.191. The average molecular weight is 283 g/mol. The quantitative estimate of drug-likeness (QED) is 0.782. The Labute approximate surface area is 122 Å². The molecule has 0 bridgehead atoms. The second-order valence-corrected chi connectivity index (χ2v) is 6.67. The summed E-state index contributed by atoms with van der Waals surface area (Å²) in [6.45, 7) is 4.09. The number of carbonyl (C=O) groups excluding carboxylic acids is 1. The van der Waals surface area contributed by atoms with E-state index in [1.54, 1.807) is 0 Å². The number of piperidine rings is 1. The van der Waals surface area contributed by atoms with Gasteiger partial charge in [0.05, 0.1) is 5.60 Å². The molecular formula is C15H29N3O2. The lowest BCUT2D eigenvalue weighted by atomic mass is 9.94. The Kier molecular flexibility index (Phi) is 5.41. The lowest BCUT2D eigenvalue weighted by Gasteiger charge is -2.31. The normalized spacial score (nSPS) is 29.5. The van der Waals surface area contributed by atoms with E-state index in [9.17, 15) is 9.90 Å². The van der Waals surface area contributed by atoms with Crippen LogP contribution < -0.4 is 5.32 Å². The number of likely N-dealkylation sites (tertiary alicyclic amines) is 1. The molecule has 2 rings (SSSR count). The second kappa shape index (κ2) is 6.87. The van der Waals surface area contributed by atoms with Crippen molar-refractivity contribution >= 4 is 5.91 Å². The zero-order valence-corrected chi connectivity index (χ0v) is 12.9. The van der Waals surface area contributed by atoms with E-state index >= 15 is 0 Å². The van der Waals surface area contributed by atoms with Crippen molar-refractivity contribution in [3.63, 3.8) is 0 Å². The van der Waals surface area contributed by atoms with Gasteiger partial charge in [-0.15, -0.1) is 0 Å². The number of amides is 1. The molecule has 0 saturated carbocycles. The first-order valence-electron chi connectivity index (χ1n) is 7.87. The second-order valence-electron chi connectivity index (χ2n) is 6.67. The third kappa shape index (κ3) is 4.17. The molecule has 5 nitrogen and oxygen atoms in total. The van der Waals surface area contributed by atoms with E-state index < -0.39 is 5.60 Å². The minimum atomic E-state index is -0.632. The van der Waals surface area contributed by atoms with Crippen LogP contribution in [0, 0.1) is 5.92 Å². The zero-order chi connectivity index (χ0) is 14.6. The van der Waals surface area contributed by atoms with Crippen molar-refractivity contribution in [3.8, 4) is 0 Å². The molecule has 1 atom stereocenters. The molecule has 0 radical (unpaired) electrons. The van der Waals surface area contributed by atoms with Crippen LogP contribution in [0.4, 0.5) is 0 Å². The van der Waals surface area contributed by atoms with Crippen LogP contribution in [0.2, 0.25) is 0 Å². The van der Waals surface area contributed by atoms with Crippen LogP contribution in [-0.2, 0) is 4.79 Å². The highest BCUT2D eigenvalue weighted by Crippen LogP contribution is 2.25. The summed E-state index contributed by atoms with van der Waals surface area (Å²) in [5.41, 5.74) is -0.632. The highest BCUT2D eigenvalue weighted by molar-refractivity contribution is 5.79. The van der Waals surface area contributed by atoms with E-state index in [-0.39, 0.29) is 5.92 Å². The SMILES string of the molecule is CN(C)CC1(O)CCCN(C(=O)C2CCNCC2)CC1. The summed E-state index contributed by atoms with van der Waals surface area (Å²) < 4.78 is 0. The lowest BCUT2D eigenvalue weighted by molar-refractivity contribution is -0.136. The first kappa shape index (κ1) is 15.7. The molecule has 5 heteroatoms. The number of carbonyl (C=O) groups is 1. The van der Waals surface area contributed by atoms with Crippen LogP contribution in [0.3, 0.4) is 0 Å². The van der Waals surface area contributed by atoms with Gasteiger partial charge in [-0.1, -0.05) is 0 Å². The molecule has 2 aliphatic heterocycles. The Morgan fingerprint density at radius 3 is 2.65 bits per heavy atom. The molecule has 0 aromatic carbocycles. The fraction of sp³-hybridized carbons (Fsp3) is 0.933. The maximum absolute atomic E-state index is 12.5. The fourth-order valence-corrected chi connectivity index (χ4v) is 3.47. The first-order valence-corrected chi connectivity index (χ1v) is 7.87. The Bertz CT molecular complexity index is 329. The maximum atomic E-state index is 12.5. The van der Waals surface area contributed by atoms with E-state index in [4.69, 9.17) is 0 Å². The van der Waals surface area contributed by atoms with E-state index in [0.29, 0.717) is 25.4 Å². The topological polar surface area (TPSA) is 55.8 Å². The Balaban J connectivity index is 1.90. The summed E-state index contributed by atoms with van der Waals surface area (Å²) in [7, 11) is 3.97. The van der Waals surface area contributed by atoms with Crippen LogP contribution in [0.15, 0.2) is 0 Å². The highest BCUT2D eigenvalue weighted by Gasteiger charge is 2.33. The smallest absolute Gasteiger partial charge is 0.225 e. The summed E-state index contributed by atoms with van der Waals surface area (Å²) in [5.74, 6) is 0.497. The number of hydrogen-bond acceptors (Lipinski definition) is 4. The standard InChI is InChI=1S/C15H29N3O2/c1-17(2)12-15(20)6-3-10-18(11-7-15)14(19)13-4-8-16-9-5-13/h13,16,20H,3-12H2,1-2H3. The van der Waals surface area contributed by atoms with Crippen molar-refractivity contribution in [1.82, 2.24) is 15.1 Å².